The largest absolute Gasteiger partial charge is 0.438 e. The molecule has 4 rings (SSSR count). The van der Waals surface area contributed by atoms with Crippen LogP contribution in [0.3, 0.4) is 0 Å². The number of benzene rings is 1. The van der Waals surface area contributed by atoms with Crippen molar-refractivity contribution in [2.75, 3.05) is 4.72 Å². The van der Waals surface area contributed by atoms with Gasteiger partial charge in [-0.05, 0) is 49.8 Å². The Bertz CT molecular complexity index is 998. The van der Waals surface area contributed by atoms with Gasteiger partial charge in [0.15, 0.2) is 0 Å². The molecule has 1 N–H and O–H groups in total. The zero-order valence-corrected chi connectivity index (χ0v) is 17.5. The molecule has 28 heavy (non-hydrogen) atoms. The van der Waals surface area contributed by atoms with E-state index >= 15 is 0 Å². The minimum absolute atomic E-state index is 0.00420. The molecule has 0 radical (unpaired) electrons. The fraction of sp³-hybridized carbons (Fsp3) is 0.381. The summed E-state index contributed by atoms with van der Waals surface area (Å²) in [5.74, 6) is 2.05. The van der Waals surface area contributed by atoms with E-state index in [1.165, 1.54) is 11.9 Å². The van der Waals surface area contributed by atoms with Crippen LogP contribution in [-0.2, 0) is 18.9 Å². The number of nitrogens with zero attached hydrogens (tertiary/aromatic N) is 4. The summed E-state index contributed by atoms with van der Waals surface area (Å²) in [6.07, 6.45) is 6.92. The van der Waals surface area contributed by atoms with Crippen molar-refractivity contribution < 1.29 is 4.74 Å². The SMILES string of the molecule is Cc1ccccc1Oc1nc(NSc2cnn(C)c2)nc2c1CCCC2(C)C. The first kappa shape index (κ1) is 18.8. The summed E-state index contributed by atoms with van der Waals surface area (Å²) >= 11 is 1.45. The summed E-state index contributed by atoms with van der Waals surface area (Å²) in [6, 6.07) is 8.02. The zero-order chi connectivity index (χ0) is 19.7. The van der Waals surface area contributed by atoms with Gasteiger partial charge in [0.2, 0.25) is 11.8 Å². The maximum atomic E-state index is 6.28. The average molecular weight is 396 g/mol. The number of ether oxygens (including phenoxy) is 1. The second-order valence-electron chi connectivity index (χ2n) is 7.84. The summed E-state index contributed by atoms with van der Waals surface area (Å²) in [4.78, 5) is 10.6. The molecule has 1 aromatic carbocycles. The summed E-state index contributed by atoms with van der Waals surface area (Å²) < 4.78 is 11.3. The summed E-state index contributed by atoms with van der Waals surface area (Å²) in [5.41, 5.74) is 3.28. The molecule has 0 fully saturated rings. The van der Waals surface area contributed by atoms with Crippen LogP contribution < -0.4 is 9.46 Å². The number of nitrogens with one attached hydrogen (secondary N) is 1. The van der Waals surface area contributed by atoms with Crippen LogP contribution >= 0.6 is 11.9 Å². The van der Waals surface area contributed by atoms with Crippen molar-refractivity contribution in [2.45, 2.75) is 50.3 Å². The second kappa shape index (κ2) is 7.47. The third kappa shape index (κ3) is 3.85. The van der Waals surface area contributed by atoms with Gasteiger partial charge in [-0.25, -0.2) is 4.98 Å². The molecule has 0 saturated carbocycles. The van der Waals surface area contributed by atoms with Crippen LogP contribution in [0.2, 0.25) is 0 Å². The van der Waals surface area contributed by atoms with Gasteiger partial charge in [-0.2, -0.15) is 10.1 Å². The first-order chi connectivity index (χ1) is 13.4. The van der Waals surface area contributed by atoms with Crippen LogP contribution in [0, 0.1) is 6.92 Å². The third-order valence-corrected chi connectivity index (χ3v) is 5.81. The minimum atomic E-state index is -0.00420. The van der Waals surface area contributed by atoms with Crippen molar-refractivity contribution in [2.24, 2.45) is 7.05 Å². The molecule has 2 heterocycles. The molecule has 0 spiro atoms. The van der Waals surface area contributed by atoms with E-state index in [1.54, 1.807) is 4.68 Å². The highest BCUT2D eigenvalue weighted by atomic mass is 32.2. The van der Waals surface area contributed by atoms with Crippen molar-refractivity contribution in [3.63, 3.8) is 0 Å². The van der Waals surface area contributed by atoms with E-state index in [0.29, 0.717) is 11.8 Å². The van der Waals surface area contributed by atoms with Gasteiger partial charge in [-0.3, -0.25) is 9.40 Å². The normalized spacial score (nSPS) is 15.1. The van der Waals surface area contributed by atoms with Crippen LogP contribution in [0.5, 0.6) is 11.6 Å². The van der Waals surface area contributed by atoms with Crippen LogP contribution in [0.4, 0.5) is 5.95 Å². The number of rotatable bonds is 5. The summed E-state index contributed by atoms with van der Waals surface area (Å²) in [6.45, 7) is 6.53. The first-order valence-electron chi connectivity index (χ1n) is 9.49. The standard InChI is InChI=1S/C21H25N5OS/c1-14-8-5-6-10-17(14)27-19-16-9-7-11-21(2,3)18(16)23-20(24-19)25-28-15-12-22-26(4)13-15/h5-6,8,10,12-13H,7,9,11H2,1-4H3,(H,23,24,25). The van der Waals surface area contributed by atoms with E-state index < -0.39 is 0 Å². The quantitative estimate of drug-likeness (QED) is 0.610. The molecule has 7 heteroatoms. The number of hydrogen-bond acceptors (Lipinski definition) is 6. The van der Waals surface area contributed by atoms with E-state index in [0.717, 1.165) is 46.7 Å². The Kier molecular flexibility index (Phi) is 5.02. The Hall–Kier alpha value is -2.54. The predicted octanol–water partition coefficient (Wildman–Crippen LogP) is 5.04. The maximum Gasteiger partial charge on any atom is 0.236 e. The molecule has 0 bridgehead atoms. The number of anilines is 1. The first-order valence-corrected chi connectivity index (χ1v) is 10.3. The Labute approximate surface area is 169 Å². The number of para-hydroxylation sites is 1. The van der Waals surface area contributed by atoms with Crippen LogP contribution in [0.25, 0.3) is 0 Å². The highest BCUT2D eigenvalue weighted by Crippen LogP contribution is 2.41. The van der Waals surface area contributed by atoms with Crippen molar-refractivity contribution >= 4 is 17.9 Å². The molecule has 6 nitrogen and oxygen atoms in total. The Morgan fingerprint density at radius 1 is 1.21 bits per heavy atom. The van der Waals surface area contributed by atoms with Crippen molar-refractivity contribution in [3.8, 4) is 11.6 Å². The number of aryl methyl sites for hydroxylation is 2. The molecule has 1 aliphatic rings. The van der Waals surface area contributed by atoms with E-state index in [4.69, 9.17) is 14.7 Å². The van der Waals surface area contributed by atoms with Gasteiger partial charge in [0.25, 0.3) is 0 Å². The van der Waals surface area contributed by atoms with Gasteiger partial charge in [0.1, 0.15) is 5.75 Å². The van der Waals surface area contributed by atoms with Gasteiger partial charge in [0.05, 0.1) is 16.8 Å². The lowest BCUT2D eigenvalue weighted by Crippen LogP contribution is -2.26. The Morgan fingerprint density at radius 3 is 2.79 bits per heavy atom. The van der Waals surface area contributed by atoms with E-state index in [2.05, 4.69) is 23.7 Å². The second-order valence-corrected chi connectivity index (χ2v) is 8.72. The summed E-state index contributed by atoms with van der Waals surface area (Å²) in [5, 5.41) is 4.20. The molecule has 2 aromatic heterocycles. The van der Waals surface area contributed by atoms with Crippen molar-refractivity contribution in [1.82, 2.24) is 19.7 Å². The fourth-order valence-corrected chi connectivity index (χ4v) is 4.14. The Balaban J connectivity index is 1.70. The average Bonchev–Trinajstić information content (AvgIpc) is 3.08. The lowest BCUT2D eigenvalue weighted by atomic mass is 9.76. The van der Waals surface area contributed by atoms with Crippen molar-refractivity contribution in [3.05, 3.63) is 53.5 Å². The van der Waals surface area contributed by atoms with E-state index in [-0.39, 0.29) is 5.41 Å². The number of fused-ring (bicyclic) bond motifs is 1. The smallest absolute Gasteiger partial charge is 0.236 e. The predicted molar refractivity (Wildman–Crippen MR) is 112 cm³/mol. The van der Waals surface area contributed by atoms with E-state index in [1.807, 2.05) is 50.6 Å². The summed E-state index contributed by atoms with van der Waals surface area (Å²) in [7, 11) is 1.90. The molecular weight excluding hydrogens is 370 g/mol. The molecule has 3 aromatic rings. The van der Waals surface area contributed by atoms with E-state index in [9.17, 15) is 0 Å². The van der Waals surface area contributed by atoms with Crippen molar-refractivity contribution in [1.29, 1.82) is 0 Å². The molecule has 0 unspecified atom stereocenters. The lowest BCUT2D eigenvalue weighted by molar-refractivity contribution is 0.393. The van der Waals surface area contributed by atoms with Crippen LogP contribution in [0.15, 0.2) is 41.6 Å². The minimum Gasteiger partial charge on any atom is -0.438 e. The fourth-order valence-electron chi connectivity index (χ4n) is 3.54. The molecular formula is C21H25N5OS. The molecule has 146 valence electrons. The molecule has 0 aliphatic heterocycles. The van der Waals surface area contributed by atoms with Gasteiger partial charge >= 0.3 is 0 Å². The van der Waals surface area contributed by atoms with Crippen LogP contribution in [0.1, 0.15) is 43.5 Å². The Morgan fingerprint density at radius 2 is 2.04 bits per heavy atom. The van der Waals surface area contributed by atoms with Gasteiger partial charge < -0.3 is 4.74 Å². The molecule has 0 amide bonds. The molecule has 0 atom stereocenters. The molecule has 1 aliphatic carbocycles. The topological polar surface area (TPSA) is 64.9 Å². The zero-order valence-electron chi connectivity index (χ0n) is 16.7. The van der Waals surface area contributed by atoms with Gasteiger partial charge in [-0.1, -0.05) is 32.0 Å². The monoisotopic (exact) mass is 395 g/mol. The number of hydrogen-bond donors (Lipinski definition) is 1. The maximum absolute atomic E-state index is 6.28. The van der Waals surface area contributed by atoms with Gasteiger partial charge in [-0.15, -0.1) is 0 Å². The highest BCUT2D eigenvalue weighted by molar-refractivity contribution is 8.00. The molecule has 0 saturated heterocycles. The number of aromatic nitrogens is 4. The van der Waals surface area contributed by atoms with Gasteiger partial charge in [0, 0.05) is 24.2 Å². The van der Waals surface area contributed by atoms with Crippen LogP contribution in [-0.4, -0.2) is 19.7 Å². The lowest BCUT2D eigenvalue weighted by Gasteiger charge is -2.32. The highest BCUT2D eigenvalue weighted by Gasteiger charge is 2.32. The third-order valence-electron chi connectivity index (χ3n) is 5.08.